The van der Waals surface area contributed by atoms with Crippen LogP contribution in [-0.4, -0.2) is 29.0 Å². The standard InChI is InChI=1S/C21H16N2O5/c24-19-17-12-7-8-13(10-12)18(17)20(25)23(19)22-11-14-4-1-2-5-15(14)28-21(26)16-6-3-9-27-16/h1-9,11-13,17-18H,10H2/t12-,13-,17-,18+/m0/s1. The van der Waals surface area contributed by atoms with E-state index in [1.165, 1.54) is 18.5 Å². The molecule has 3 aliphatic rings. The zero-order valence-electron chi connectivity index (χ0n) is 14.7. The van der Waals surface area contributed by atoms with Crippen LogP contribution in [0.15, 0.2) is 64.3 Å². The molecule has 1 aromatic carbocycles. The van der Waals surface area contributed by atoms with Crippen LogP contribution >= 0.6 is 0 Å². The summed E-state index contributed by atoms with van der Waals surface area (Å²) < 4.78 is 10.4. The number of para-hydroxylation sites is 1. The minimum Gasteiger partial charge on any atom is -0.457 e. The molecule has 1 saturated carbocycles. The van der Waals surface area contributed by atoms with E-state index in [-0.39, 0.29) is 47.0 Å². The molecular formula is C21H16N2O5. The first-order valence-corrected chi connectivity index (χ1v) is 9.08. The molecule has 1 aromatic heterocycles. The lowest BCUT2D eigenvalue weighted by molar-refractivity contribution is -0.140. The van der Waals surface area contributed by atoms with Gasteiger partial charge in [-0.3, -0.25) is 9.59 Å². The van der Waals surface area contributed by atoms with Crippen LogP contribution < -0.4 is 4.74 Å². The van der Waals surface area contributed by atoms with Crippen molar-refractivity contribution in [3.05, 3.63) is 66.1 Å². The van der Waals surface area contributed by atoms with Crippen molar-refractivity contribution in [2.75, 3.05) is 0 Å². The molecule has 2 fully saturated rings. The minimum absolute atomic E-state index is 0.0763. The van der Waals surface area contributed by atoms with Crippen LogP contribution in [-0.2, 0) is 9.59 Å². The number of furan rings is 1. The zero-order valence-corrected chi connectivity index (χ0v) is 14.7. The third-order valence-corrected chi connectivity index (χ3v) is 5.60. The topological polar surface area (TPSA) is 89.2 Å². The van der Waals surface area contributed by atoms with Gasteiger partial charge in [0.25, 0.3) is 11.8 Å². The number of carbonyl (C=O) groups is 3. The van der Waals surface area contributed by atoms with Gasteiger partial charge in [-0.05, 0) is 42.5 Å². The van der Waals surface area contributed by atoms with E-state index in [1.54, 1.807) is 30.3 Å². The smallest absolute Gasteiger partial charge is 0.379 e. The maximum atomic E-state index is 12.7. The van der Waals surface area contributed by atoms with E-state index in [9.17, 15) is 14.4 Å². The van der Waals surface area contributed by atoms with Gasteiger partial charge in [-0.15, -0.1) is 0 Å². The highest BCUT2D eigenvalue weighted by molar-refractivity contribution is 6.07. The van der Waals surface area contributed by atoms with E-state index < -0.39 is 5.97 Å². The van der Waals surface area contributed by atoms with E-state index in [0.29, 0.717) is 5.56 Å². The lowest BCUT2D eigenvalue weighted by Crippen LogP contribution is -2.28. The third kappa shape index (κ3) is 2.51. The van der Waals surface area contributed by atoms with Crippen molar-refractivity contribution >= 4 is 24.0 Å². The second-order valence-electron chi connectivity index (χ2n) is 7.14. The predicted molar refractivity (Wildman–Crippen MR) is 97.3 cm³/mol. The van der Waals surface area contributed by atoms with Gasteiger partial charge in [0, 0.05) is 5.56 Å². The molecule has 7 nitrogen and oxygen atoms in total. The summed E-state index contributed by atoms with van der Waals surface area (Å²) in [5.41, 5.74) is 0.473. The molecule has 1 aliphatic heterocycles. The van der Waals surface area contributed by atoms with Crippen molar-refractivity contribution in [3.63, 3.8) is 0 Å². The average Bonchev–Trinajstić information content (AvgIpc) is 3.47. The van der Waals surface area contributed by atoms with Gasteiger partial charge in [0.05, 0.1) is 24.3 Å². The van der Waals surface area contributed by atoms with Crippen LogP contribution in [0.25, 0.3) is 0 Å². The number of imide groups is 1. The molecule has 2 amide bonds. The fraction of sp³-hybridized carbons (Fsp3) is 0.238. The van der Waals surface area contributed by atoms with Crippen LogP contribution in [0.5, 0.6) is 5.75 Å². The van der Waals surface area contributed by atoms with Crippen LogP contribution in [0, 0.1) is 23.7 Å². The summed E-state index contributed by atoms with van der Waals surface area (Å²) >= 11 is 0. The second-order valence-corrected chi connectivity index (χ2v) is 7.14. The maximum Gasteiger partial charge on any atom is 0.379 e. The maximum absolute atomic E-state index is 12.7. The molecule has 0 spiro atoms. The Morgan fingerprint density at radius 2 is 1.79 bits per heavy atom. The molecule has 4 atom stereocenters. The van der Waals surface area contributed by atoms with Crippen molar-refractivity contribution in [2.45, 2.75) is 6.42 Å². The molecule has 7 heteroatoms. The number of rotatable bonds is 4. The first kappa shape index (κ1) is 16.7. The monoisotopic (exact) mass is 376 g/mol. The number of amides is 2. The number of hydrogen-bond acceptors (Lipinski definition) is 6. The Hall–Kier alpha value is -3.48. The second kappa shape index (κ2) is 6.30. The summed E-state index contributed by atoms with van der Waals surface area (Å²) in [6.45, 7) is 0. The number of fused-ring (bicyclic) bond motifs is 5. The van der Waals surface area contributed by atoms with Gasteiger partial charge in [0.2, 0.25) is 5.76 Å². The average molecular weight is 376 g/mol. The van der Waals surface area contributed by atoms with Crippen LogP contribution in [0.3, 0.4) is 0 Å². The number of esters is 1. The Morgan fingerprint density at radius 1 is 1.07 bits per heavy atom. The zero-order chi connectivity index (χ0) is 19.3. The fourth-order valence-electron chi connectivity index (χ4n) is 4.35. The normalized spacial score (nSPS) is 27.8. The first-order chi connectivity index (χ1) is 13.6. The lowest BCUT2D eigenvalue weighted by atomic mass is 9.85. The number of allylic oxidation sites excluding steroid dienone is 2. The highest BCUT2D eigenvalue weighted by atomic mass is 16.5. The summed E-state index contributed by atoms with van der Waals surface area (Å²) in [5.74, 6) is -1.15. The van der Waals surface area contributed by atoms with E-state index in [4.69, 9.17) is 9.15 Å². The molecule has 0 N–H and O–H groups in total. The van der Waals surface area contributed by atoms with Crippen molar-refractivity contribution in [2.24, 2.45) is 28.8 Å². The number of carbonyl (C=O) groups excluding carboxylic acids is 3. The summed E-state index contributed by atoms with van der Waals surface area (Å²) in [6, 6.07) is 9.84. The van der Waals surface area contributed by atoms with Gasteiger partial charge < -0.3 is 9.15 Å². The molecule has 0 radical (unpaired) electrons. The van der Waals surface area contributed by atoms with Gasteiger partial charge in [-0.1, -0.05) is 24.3 Å². The van der Waals surface area contributed by atoms with E-state index in [1.807, 2.05) is 12.2 Å². The molecule has 140 valence electrons. The van der Waals surface area contributed by atoms with E-state index in [2.05, 4.69) is 5.10 Å². The van der Waals surface area contributed by atoms with E-state index in [0.717, 1.165) is 11.4 Å². The number of benzene rings is 1. The quantitative estimate of drug-likeness (QED) is 0.269. The van der Waals surface area contributed by atoms with Crippen LogP contribution in [0.2, 0.25) is 0 Å². The van der Waals surface area contributed by atoms with Crippen molar-refractivity contribution in [1.82, 2.24) is 5.01 Å². The number of nitrogens with zero attached hydrogens (tertiary/aromatic N) is 2. The SMILES string of the molecule is O=C(Oc1ccccc1C=NN1C(=O)[C@@H]2[C@H](C1=O)[C@H]1C=C[C@H]2C1)c1ccco1. The van der Waals surface area contributed by atoms with Gasteiger partial charge in [0.1, 0.15) is 5.75 Å². The van der Waals surface area contributed by atoms with Crippen molar-refractivity contribution in [3.8, 4) is 5.75 Å². The molecule has 2 heterocycles. The Kier molecular flexibility index (Phi) is 3.75. The molecule has 2 aromatic rings. The Morgan fingerprint density at radius 3 is 2.46 bits per heavy atom. The first-order valence-electron chi connectivity index (χ1n) is 9.08. The van der Waals surface area contributed by atoms with Gasteiger partial charge in [-0.2, -0.15) is 10.1 Å². The molecule has 2 aliphatic carbocycles. The number of hydrogen-bond donors (Lipinski definition) is 0. The third-order valence-electron chi connectivity index (χ3n) is 5.60. The largest absolute Gasteiger partial charge is 0.457 e. The number of ether oxygens (including phenoxy) is 1. The van der Waals surface area contributed by atoms with Crippen LogP contribution in [0.4, 0.5) is 0 Å². The van der Waals surface area contributed by atoms with Gasteiger partial charge in [0.15, 0.2) is 0 Å². The molecule has 1 saturated heterocycles. The molecular weight excluding hydrogens is 360 g/mol. The highest BCUT2D eigenvalue weighted by Gasteiger charge is 2.59. The Labute approximate surface area is 160 Å². The van der Waals surface area contributed by atoms with Crippen molar-refractivity contribution < 1.29 is 23.5 Å². The van der Waals surface area contributed by atoms with E-state index >= 15 is 0 Å². The highest BCUT2D eigenvalue weighted by Crippen LogP contribution is 2.52. The van der Waals surface area contributed by atoms with Crippen LogP contribution in [0.1, 0.15) is 22.5 Å². The molecule has 5 rings (SSSR count). The Bertz CT molecular complexity index is 993. The van der Waals surface area contributed by atoms with Gasteiger partial charge >= 0.3 is 5.97 Å². The summed E-state index contributed by atoms with van der Waals surface area (Å²) in [6.07, 6.45) is 7.70. The predicted octanol–water partition coefficient (Wildman–Crippen LogP) is 2.64. The Balaban J connectivity index is 1.37. The summed E-state index contributed by atoms with van der Waals surface area (Å²) in [7, 11) is 0. The summed E-state index contributed by atoms with van der Waals surface area (Å²) in [5, 5.41) is 5.10. The fourth-order valence-corrected chi connectivity index (χ4v) is 4.35. The van der Waals surface area contributed by atoms with Crippen molar-refractivity contribution in [1.29, 1.82) is 0 Å². The lowest BCUT2D eigenvalue weighted by Gasteiger charge is -2.13. The minimum atomic E-state index is -0.642. The van der Waals surface area contributed by atoms with Gasteiger partial charge in [-0.25, -0.2) is 4.79 Å². The summed E-state index contributed by atoms with van der Waals surface area (Å²) in [4.78, 5) is 37.5. The molecule has 2 bridgehead atoms. The number of hydrazone groups is 1. The molecule has 0 unspecified atom stereocenters. The molecule has 28 heavy (non-hydrogen) atoms.